The Morgan fingerprint density at radius 3 is 2.04 bits per heavy atom. The van der Waals surface area contributed by atoms with Crippen LogP contribution >= 0.6 is 0 Å². The van der Waals surface area contributed by atoms with E-state index in [9.17, 15) is 9.59 Å². The Morgan fingerprint density at radius 1 is 0.821 bits per heavy atom. The summed E-state index contributed by atoms with van der Waals surface area (Å²) in [5.74, 6) is -0.507. The first-order valence-corrected chi connectivity index (χ1v) is 10.2. The van der Waals surface area contributed by atoms with Crippen molar-refractivity contribution in [2.45, 2.75) is 57.5 Å². The smallest absolute Gasteiger partial charge is 0.306 e. The Morgan fingerprint density at radius 2 is 1.39 bits per heavy atom. The number of hydrogen-bond acceptors (Lipinski definition) is 3. The summed E-state index contributed by atoms with van der Waals surface area (Å²) in [5.41, 5.74) is 1.25. The van der Waals surface area contributed by atoms with Crippen LogP contribution in [-0.4, -0.2) is 11.8 Å². The number of rotatable bonds is 13. The van der Waals surface area contributed by atoms with Crippen molar-refractivity contribution in [3.05, 3.63) is 84.4 Å². The number of ketones is 1. The van der Waals surface area contributed by atoms with Gasteiger partial charge in [-0.15, -0.1) is 6.58 Å². The summed E-state index contributed by atoms with van der Waals surface area (Å²) in [6.07, 6.45) is 8.97. The third kappa shape index (κ3) is 7.51. The van der Waals surface area contributed by atoms with Crippen LogP contribution in [0.1, 0.15) is 73.4 Å². The van der Waals surface area contributed by atoms with Gasteiger partial charge < -0.3 is 4.74 Å². The summed E-state index contributed by atoms with van der Waals surface area (Å²) < 4.78 is 5.61. The second-order valence-electron chi connectivity index (χ2n) is 6.96. The molecule has 0 heterocycles. The fourth-order valence-electron chi connectivity index (χ4n) is 3.11. The van der Waals surface area contributed by atoms with Crippen LogP contribution in [0.2, 0.25) is 0 Å². The molecule has 0 saturated heterocycles. The second kappa shape index (κ2) is 12.7. The van der Waals surface area contributed by atoms with Crippen LogP contribution in [0.15, 0.2) is 73.3 Å². The molecule has 28 heavy (non-hydrogen) atoms. The van der Waals surface area contributed by atoms with Crippen LogP contribution in [0.3, 0.4) is 0 Å². The van der Waals surface area contributed by atoms with E-state index < -0.39 is 6.10 Å². The van der Waals surface area contributed by atoms with E-state index in [-0.39, 0.29) is 11.8 Å². The molecule has 1 atom stereocenters. The molecule has 0 aliphatic rings. The van der Waals surface area contributed by atoms with Gasteiger partial charge in [-0.3, -0.25) is 9.59 Å². The molecule has 2 rings (SSSR count). The van der Waals surface area contributed by atoms with Gasteiger partial charge in [-0.1, -0.05) is 92.4 Å². The molecular formula is C25H30O3. The first kappa shape index (κ1) is 21.6. The van der Waals surface area contributed by atoms with Crippen molar-refractivity contribution >= 4 is 11.8 Å². The number of benzene rings is 2. The summed E-state index contributed by atoms with van der Waals surface area (Å²) in [6.45, 7) is 3.73. The Balaban J connectivity index is 1.86. The molecule has 1 unspecified atom stereocenters. The third-order valence-electron chi connectivity index (χ3n) is 4.69. The normalized spacial score (nSPS) is 11.6. The van der Waals surface area contributed by atoms with Gasteiger partial charge in [0.05, 0.1) is 0 Å². The lowest BCUT2D eigenvalue weighted by Crippen LogP contribution is -2.20. The fraction of sp³-hybridized carbons (Fsp3) is 0.360. The lowest BCUT2D eigenvalue weighted by atomic mass is 10.00. The van der Waals surface area contributed by atoms with Gasteiger partial charge in [-0.05, 0) is 19.3 Å². The van der Waals surface area contributed by atoms with Crippen molar-refractivity contribution in [3.8, 4) is 0 Å². The molecule has 0 amide bonds. The summed E-state index contributed by atoms with van der Waals surface area (Å²) in [7, 11) is 0. The summed E-state index contributed by atoms with van der Waals surface area (Å²) in [5, 5.41) is 0. The van der Waals surface area contributed by atoms with Gasteiger partial charge in [0.2, 0.25) is 5.78 Å². The van der Waals surface area contributed by atoms with E-state index in [4.69, 9.17) is 4.74 Å². The van der Waals surface area contributed by atoms with Gasteiger partial charge in [0, 0.05) is 17.5 Å². The highest BCUT2D eigenvalue weighted by Gasteiger charge is 2.25. The largest absolute Gasteiger partial charge is 0.449 e. The number of ether oxygens (including phenoxy) is 1. The number of carbonyl (C=O) groups excluding carboxylic acids is 2. The highest BCUT2D eigenvalue weighted by Crippen LogP contribution is 2.23. The molecule has 0 aliphatic heterocycles. The molecule has 0 aliphatic carbocycles. The first-order valence-electron chi connectivity index (χ1n) is 10.2. The zero-order valence-electron chi connectivity index (χ0n) is 16.5. The summed E-state index contributed by atoms with van der Waals surface area (Å²) in [4.78, 5) is 25.2. The molecule has 0 radical (unpaired) electrons. The minimum atomic E-state index is -0.894. The van der Waals surface area contributed by atoms with Crippen LogP contribution in [0, 0.1) is 0 Å². The van der Waals surface area contributed by atoms with E-state index in [0.717, 1.165) is 25.7 Å². The number of Topliss-reactive ketones (excluding diaryl/α,β-unsaturated/α-hetero) is 1. The Kier molecular flexibility index (Phi) is 9.78. The van der Waals surface area contributed by atoms with Gasteiger partial charge in [-0.25, -0.2) is 0 Å². The molecule has 0 bridgehead atoms. The summed E-state index contributed by atoms with van der Waals surface area (Å²) >= 11 is 0. The molecule has 0 fully saturated rings. The summed E-state index contributed by atoms with van der Waals surface area (Å²) in [6, 6.07) is 18.2. The van der Waals surface area contributed by atoms with E-state index in [1.54, 1.807) is 12.1 Å². The van der Waals surface area contributed by atoms with Crippen LogP contribution < -0.4 is 0 Å². The molecule has 2 aromatic rings. The van der Waals surface area contributed by atoms with Crippen molar-refractivity contribution in [2.75, 3.05) is 0 Å². The van der Waals surface area contributed by atoms with E-state index >= 15 is 0 Å². The average molecular weight is 379 g/mol. The van der Waals surface area contributed by atoms with E-state index in [2.05, 4.69) is 6.58 Å². The molecular weight excluding hydrogens is 348 g/mol. The van der Waals surface area contributed by atoms with Gasteiger partial charge in [0.15, 0.2) is 6.10 Å². The monoisotopic (exact) mass is 378 g/mol. The second-order valence-corrected chi connectivity index (χ2v) is 6.96. The molecule has 0 N–H and O–H groups in total. The Hall–Kier alpha value is -2.68. The van der Waals surface area contributed by atoms with E-state index in [1.807, 2.05) is 54.6 Å². The van der Waals surface area contributed by atoms with Crippen molar-refractivity contribution in [1.82, 2.24) is 0 Å². The molecule has 3 nitrogen and oxygen atoms in total. The van der Waals surface area contributed by atoms with Crippen LogP contribution in [0.4, 0.5) is 0 Å². The first-order chi connectivity index (χ1) is 13.7. The predicted molar refractivity (Wildman–Crippen MR) is 113 cm³/mol. The Bertz CT molecular complexity index is 722. The zero-order valence-corrected chi connectivity index (χ0v) is 16.5. The molecule has 148 valence electrons. The number of carbonyl (C=O) groups is 2. The van der Waals surface area contributed by atoms with E-state index in [0.29, 0.717) is 17.5 Å². The van der Waals surface area contributed by atoms with Crippen LogP contribution in [0.5, 0.6) is 0 Å². The van der Waals surface area contributed by atoms with Crippen molar-refractivity contribution in [2.24, 2.45) is 0 Å². The minimum absolute atomic E-state index is 0.192. The molecule has 0 spiro atoms. The maximum Gasteiger partial charge on any atom is 0.306 e. The van der Waals surface area contributed by atoms with Gasteiger partial charge in [0.25, 0.3) is 0 Å². The quantitative estimate of drug-likeness (QED) is 0.174. The highest BCUT2D eigenvalue weighted by atomic mass is 16.5. The van der Waals surface area contributed by atoms with Crippen LogP contribution in [-0.2, 0) is 9.53 Å². The number of esters is 1. The topological polar surface area (TPSA) is 43.4 Å². The number of hydrogen-bond donors (Lipinski definition) is 0. The molecule has 2 aromatic carbocycles. The minimum Gasteiger partial charge on any atom is -0.449 e. The van der Waals surface area contributed by atoms with Crippen molar-refractivity contribution < 1.29 is 14.3 Å². The number of unbranched alkanes of at least 4 members (excludes halogenated alkanes) is 6. The standard InChI is InChI=1S/C25H30O3/c1-2-3-4-5-6-7-8-15-20-23(26)28-25(22-18-13-10-14-19-22)24(27)21-16-11-9-12-17-21/h2,9-14,16-19,25H,1,3-8,15,20H2. The lowest BCUT2D eigenvalue weighted by molar-refractivity contribution is -0.147. The fourth-order valence-corrected chi connectivity index (χ4v) is 3.11. The van der Waals surface area contributed by atoms with Crippen LogP contribution in [0.25, 0.3) is 0 Å². The number of allylic oxidation sites excluding steroid dienone is 1. The van der Waals surface area contributed by atoms with E-state index in [1.165, 1.54) is 19.3 Å². The maximum absolute atomic E-state index is 12.9. The third-order valence-corrected chi connectivity index (χ3v) is 4.69. The predicted octanol–water partition coefficient (Wildman–Crippen LogP) is 6.46. The van der Waals surface area contributed by atoms with Gasteiger partial charge in [0.1, 0.15) is 0 Å². The van der Waals surface area contributed by atoms with Gasteiger partial charge in [-0.2, -0.15) is 0 Å². The van der Waals surface area contributed by atoms with Crippen molar-refractivity contribution in [1.29, 1.82) is 0 Å². The SMILES string of the molecule is C=CCCCCCCCCC(=O)OC(C(=O)c1ccccc1)c1ccccc1. The zero-order chi connectivity index (χ0) is 20.0. The highest BCUT2D eigenvalue weighted by molar-refractivity contribution is 6.00. The average Bonchev–Trinajstić information content (AvgIpc) is 2.74. The molecule has 0 saturated carbocycles. The lowest BCUT2D eigenvalue weighted by Gasteiger charge is -2.17. The molecule has 3 heteroatoms. The Labute approximate surface area is 168 Å². The molecule has 0 aromatic heterocycles. The maximum atomic E-state index is 12.9. The van der Waals surface area contributed by atoms with Gasteiger partial charge >= 0.3 is 5.97 Å². The van der Waals surface area contributed by atoms with Crippen molar-refractivity contribution in [3.63, 3.8) is 0 Å².